The number of fused-ring (bicyclic) bond motifs is 1. The molecule has 0 bridgehead atoms. The van der Waals surface area contributed by atoms with E-state index >= 15 is 0 Å². The maximum atomic E-state index is 13.9. The zero-order chi connectivity index (χ0) is 25.1. The third-order valence-corrected chi connectivity index (χ3v) is 6.37. The van der Waals surface area contributed by atoms with Crippen LogP contribution in [0, 0.1) is 0 Å². The van der Waals surface area contributed by atoms with Gasteiger partial charge in [-0.25, -0.2) is 4.98 Å². The second-order valence-electron chi connectivity index (χ2n) is 8.77. The van der Waals surface area contributed by atoms with Crippen molar-refractivity contribution in [2.75, 3.05) is 0 Å². The molecule has 8 heteroatoms. The topological polar surface area (TPSA) is 107 Å². The molecule has 5 rings (SSSR count). The molecule has 36 heavy (non-hydrogen) atoms. The summed E-state index contributed by atoms with van der Waals surface area (Å²) in [5.41, 5.74) is 1.99. The van der Waals surface area contributed by atoms with Gasteiger partial charge in [-0.2, -0.15) is 4.98 Å². The molecule has 3 aromatic heterocycles. The largest absolute Gasteiger partial charge is 0.493 e. The van der Waals surface area contributed by atoms with Crippen LogP contribution in [0.25, 0.3) is 22.4 Å². The van der Waals surface area contributed by atoms with Crippen LogP contribution in [0.15, 0.2) is 74.5 Å². The molecule has 0 unspecified atom stereocenters. The summed E-state index contributed by atoms with van der Waals surface area (Å²) in [6, 6.07) is 17.2. The normalized spacial score (nSPS) is 12.3. The summed E-state index contributed by atoms with van der Waals surface area (Å²) in [5.74, 6) is 0.719. The molecule has 1 atom stereocenters. The Hall–Kier alpha value is -4.20. The average Bonchev–Trinajstić information content (AvgIpc) is 3.53. The first-order valence-corrected chi connectivity index (χ1v) is 12.3. The zero-order valence-corrected chi connectivity index (χ0v) is 20.3. The third-order valence-electron chi connectivity index (χ3n) is 6.37. The van der Waals surface area contributed by atoms with Crippen LogP contribution in [-0.2, 0) is 12.8 Å². The van der Waals surface area contributed by atoms with Gasteiger partial charge in [-0.05, 0) is 30.5 Å². The van der Waals surface area contributed by atoms with Crippen molar-refractivity contribution in [3.8, 4) is 17.3 Å². The number of oxazole rings is 1. The van der Waals surface area contributed by atoms with Gasteiger partial charge in [-0.3, -0.25) is 9.36 Å². The number of hydrogen-bond donors (Lipinski definition) is 1. The van der Waals surface area contributed by atoms with E-state index in [2.05, 4.69) is 22.0 Å². The lowest BCUT2D eigenvalue weighted by molar-refractivity contribution is 0.424. The maximum Gasteiger partial charge on any atom is 0.270 e. The van der Waals surface area contributed by atoms with E-state index in [1.54, 1.807) is 10.8 Å². The molecule has 0 aliphatic heterocycles. The minimum atomic E-state index is -0.371. The molecule has 0 fully saturated rings. The first-order chi connectivity index (χ1) is 17.6. The standard InChI is InChI=1S/C28H28N4O4/c1-3-5-15-24-30-26(33)25(28(34)32(24)22(4-2)18-11-7-6-8-12-18)27-29-17-19(35-27)16-21-20-13-9-10-14-23(20)36-31-21/h6-14,17,22,33H,3-5,15-16H2,1-2H3/t22-/m1/s1. The molecule has 0 amide bonds. The monoisotopic (exact) mass is 484 g/mol. The molecular formula is C28H28N4O4. The molecular weight excluding hydrogens is 456 g/mol. The third kappa shape index (κ3) is 4.42. The molecule has 2 aromatic carbocycles. The van der Waals surface area contributed by atoms with Crippen LogP contribution < -0.4 is 5.56 Å². The highest BCUT2D eigenvalue weighted by atomic mass is 16.5. The first kappa shape index (κ1) is 23.5. The summed E-state index contributed by atoms with van der Waals surface area (Å²) in [4.78, 5) is 22.7. The SMILES string of the molecule is CCCCc1nc(O)c(-c2ncc(Cc3noc4ccccc34)o2)c(=O)n1[C@H](CC)c1ccccc1. The number of para-hydroxylation sites is 1. The Morgan fingerprint density at radius 1 is 1.06 bits per heavy atom. The summed E-state index contributed by atoms with van der Waals surface area (Å²) < 4.78 is 13.0. The van der Waals surface area contributed by atoms with Crippen molar-refractivity contribution in [2.45, 2.75) is 52.0 Å². The van der Waals surface area contributed by atoms with E-state index in [0.29, 0.717) is 42.1 Å². The first-order valence-electron chi connectivity index (χ1n) is 12.3. The van der Waals surface area contributed by atoms with Crippen molar-refractivity contribution in [2.24, 2.45) is 0 Å². The fourth-order valence-electron chi connectivity index (χ4n) is 4.56. The number of nitrogens with zero attached hydrogens (tertiary/aromatic N) is 4. The van der Waals surface area contributed by atoms with Gasteiger partial charge in [-0.1, -0.05) is 67.9 Å². The Bertz CT molecular complexity index is 1530. The number of benzene rings is 2. The van der Waals surface area contributed by atoms with E-state index in [0.717, 1.165) is 23.8 Å². The van der Waals surface area contributed by atoms with Crippen LogP contribution in [0.2, 0.25) is 0 Å². The molecule has 0 aliphatic carbocycles. The van der Waals surface area contributed by atoms with Gasteiger partial charge in [0.05, 0.1) is 24.4 Å². The van der Waals surface area contributed by atoms with Gasteiger partial charge in [0.2, 0.25) is 11.8 Å². The van der Waals surface area contributed by atoms with Crippen LogP contribution >= 0.6 is 0 Å². The number of aryl methyl sites for hydroxylation is 1. The minimum Gasteiger partial charge on any atom is -0.493 e. The summed E-state index contributed by atoms with van der Waals surface area (Å²) >= 11 is 0. The average molecular weight is 485 g/mol. The van der Waals surface area contributed by atoms with Crippen molar-refractivity contribution in [1.29, 1.82) is 0 Å². The van der Waals surface area contributed by atoms with Crippen LogP contribution in [-0.4, -0.2) is 24.8 Å². The van der Waals surface area contributed by atoms with E-state index in [-0.39, 0.29) is 28.9 Å². The summed E-state index contributed by atoms with van der Waals surface area (Å²) in [6.07, 6.45) is 4.94. The highest BCUT2D eigenvalue weighted by molar-refractivity contribution is 5.79. The van der Waals surface area contributed by atoms with Crippen LogP contribution in [0.4, 0.5) is 0 Å². The van der Waals surface area contributed by atoms with Crippen molar-refractivity contribution >= 4 is 11.0 Å². The predicted octanol–water partition coefficient (Wildman–Crippen LogP) is 5.68. The number of aromatic hydroxyl groups is 1. The Morgan fingerprint density at radius 2 is 1.83 bits per heavy atom. The van der Waals surface area contributed by atoms with Gasteiger partial charge in [0.1, 0.15) is 11.6 Å². The van der Waals surface area contributed by atoms with Gasteiger partial charge in [0, 0.05) is 11.8 Å². The molecule has 0 spiro atoms. The highest BCUT2D eigenvalue weighted by Crippen LogP contribution is 2.29. The van der Waals surface area contributed by atoms with E-state index in [4.69, 9.17) is 8.94 Å². The molecule has 0 saturated carbocycles. The van der Waals surface area contributed by atoms with Crippen LogP contribution in [0.3, 0.4) is 0 Å². The Balaban J connectivity index is 1.57. The predicted molar refractivity (Wildman–Crippen MR) is 136 cm³/mol. The van der Waals surface area contributed by atoms with Gasteiger partial charge < -0.3 is 14.0 Å². The molecule has 8 nitrogen and oxygen atoms in total. The van der Waals surface area contributed by atoms with Crippen LogP contribution in [0.1, 0.15) is 62.0 Å². The quantitative estimate of drug-likeness (QED) is 0.287. The molecule has 0 saturated heterocycles. The van der Waals surface area contributed by atoms with Crippen molar-refractivity contribution in [1.82, 2.24) is 19.7 Å². The smallest absolute Gasteiger partial charge is 0.270 e. The molecule has 0 radical (unpaired) electrons. The fraction of sp³-hybridized carbons (Fsp3) is 0.286. The number of rotatable bonds is 9. The summed E-state index contributed by atoms with van der Waals surface area (Å²) in [5, 5.41) is 15.9. The summed E-state index contributed by atoms with van der Waals surface area (Å²) in [7, 11) is 0. The molecule has 184 valence electrons. The van der Waals surface area contributed by atoms with Gasteiger partial charge in [0.25, 0.3) is 5.56 Å². The number of unbranched alkanes of at least 4 members (excludes halogenated alkanes) is 1. The zero-order valence-electron chi connectivity index (χ0n) is 20.3. The Labute approximate surface area is 208 Å². The Kier molecular flexibility index (Phi) is 6.66. The van der Waals surface area contributed by atoms with Gasteiger partial charge in [-0.15, -0.1) is 0 Å². The van der Waals surface area contributed by atoms with E-state index in [1.165, 1.54) is 0 Å². The van der Waals surface area contributed by atoms with Gasteiger partial charge in [0.15, 0.2) is 11.1 Å². The Morgan fingerprint density at radius 3 is 2.61 bits per heavy atom. The second kappa shape index (κ2) is 10.2. The van der Waals surface area contributed by atoms with Crippen molar-refractivity contribution in [3.05, 3.63) is 94.0 Å². The fourth-order valence-corrected chi connectivity index (χ4v) is 4.56. The maximum absolute atomic E-state index is 13.9. The minimum absolute atomic E-state index is 0.0338. The van der Waals surface area contributed by atoms with E-state index < -0.39 is 0 Å². The number of aromatic nitrogens is 4. The lowest BCUT2D eigenvalue weighted by Gasteiger charge is -2.23. The molecule has 0 aliphatic rings. The lowest BCUT2D eigenvalue weighted by atomic mass is 10.0. The second-order valence-corrected chi connectivity index (χ2v) is 8.77. The highest BCUT2D eigenvalue weighted by Gasteiger charge is 2.26. The van der Waals surface area contributed by atoms with E-state index in [1.807, 2.05) is 61.5 Å². The lowest BCUT2D eigenvalue weighted by Crippen LogP contribution is -2.31. The molecule has 1 N–H and O–H groups in total. The van der Waals surface area contributed by atoms with Crippen molar-refractivity contribution < 1.29 is 14.0 Å². The summed E-state index contributed by atoms with van der Waals surface area (Å²) in [6.45, 7) is 4.11. The molecule has 3 heterocycles. The molecule has 5 aromatic rings. The number of hydrogen-bond acceptors (Lipinski definition) is 7. The van der Waals surface area contributed by atoms with E-state index in [9.17, 15) is 9.90 Å². The van der Waals surface area contributed by atoms with Crippen LogP contribution in [0.5, 0.6) is 5.88 Å². The van der Waals surface area contributed by atoms with Gasteiger partial charge >= 0.3 is 0 Å². The van der Waals surface area contributed by atoms with Crippen molar-refractivity contribution in [3.63, 3.8) is 0 Å².